The number of carbonyl (C=O) groups excluding carboxylic acids is 1. The Balaban J connectivity index is 2.16. The Kier molecular flexibility index (Phi) is 4.88. The van der Waals surface area contributed by atoms with E-state index in [1.54, 1.807) is 6.07 Å². The minimum atomic E-state index is -4.56. The molecular formula is C15H9F3N4O3. The van der Waals surface area contributed by atoms with Crippen LogP contribution in [-0.2, 0) is 6.18 Å². The van der Waals surface area contributed by atoms with E-state index >= 15 is 0 Å². The van der Waals surface area contributed by atoms with Crippen molar-refractivity contribution < 1.29 is 22.9 Å². The fourth-order valence-electron chi connectivity index (χ4n) is 1.91. The molecule has 2 aromatic carbocycles. The van der Waals surface area contributed by atoms with Gasteiger partial charge in [0.2, 0.25) is 0 Å². The van der Waals surface area contributed by atoms with E-state index in [4.69, 9.17) is 5.26 Å². The summed E-state index contributed by atoms with van der Waals surface area (Å²) in [5.41, 5.74) is -1.54. The van der Waals surface area contributed by atoms with E-state index in [-0.39, 0.29) is 22.6 Å². The van der Waals surface area contributed by atoms with Gasteiger partial charge >= 0.3 is 12.2 Å². The van der Waals surface area contributed by atoms with Gasteiger partial charge < -0.3 is 10.6 Å². The Morgan fingerprint density at radius 3 is 2.48 bits per heavy atom. The summed E-state index contributed by atoms with van der Waals surface area (Å²) in [5.74, 6) is 0. The van der Waals surface area contributed by atoms with Crippen molar-refractivity contribution in [2.75, 3.05) is 10.6 Å². The SMILES string of the molecule is N#Cc1cc([N+](=O)[O-])ccc1NC(=O)Nc1cccc(C(F)(F)F)c1. The third-order valence-corrected chi connectivity index (χ3v) is 3.03. The molecule has 0 unspecified atom stereocenters. The van der Waals surface area contributed by atoms with Crippen LogP contribution in [0.4, 0.5) is 35.0 Å². The second-order valence-corrected chi connectivity index (χ2v) is 4.76. The molecule has 2 rings (SSSR count). The number of nitrogens with one attached hydrogen (secondary N) is 2. The van der Waals surface area contributed by atoms with Crippen LogP contribution in [0, 0.1) is 21.4 Å². The van der Waals surface area contributed by atoms with Crippen LogP contribution in [0.15, 0.2) is 42.5 Å². The Morgan fingerprint density at radius 1 is 1.16 bits per heavy atom. The van der Waals surface area contributed by atoms with Gasteiger partial charge in [-0.15, -0.1) is 0 Å². The first-order chi connectivity index (χ1) is 11.7. The summed E-state index contributed by atoms with van der Waals surface area (Å²) < 4.78 is 37.9. The van der Waals surface area contributed by atoms with Crippen LogP contribution in [0.1, 0.15) is 11.1 Å². The number of nitro benzene ring substituents is 1. The molecule has 0 aliphatic heterocycles. The summed E-state index contributed by atoms with van der Waals surface area (Å²) in [6, 6.07) is 8.00. The highest BCUT2D eigenvalue weighted by Crippen LogP contribution is 2.30. The lowest BCUT2D eigenvalue weighted by Gasteiger charge is -2.11. The normalized spacial score (nSPS) is 10.6. The number of non-ortho nitro benzene ring substituents is 1. The minimum absolute atomic E-state index is 0.0161. The maximum absolute atomic E-state index is 12.6. The highest BCUT2D eigenvalue weighted by molar-refractivity contribution is 6.00. The lowest BCUT2D eigenvalue weighted by atomic mass is 10.1. The lowest BCUT2D eigenvalue weighted by Crippen LogP contribution is -2.20. The summed E-state index contributed by atoms with van der Waals surface area (Å²) in [7, 11) is 0. The largest absolute Gasteiger partial charge is 0.416 e. The average Bonchev–Trinajstić information content (AvgIpc) is 2.54. The molecule has 0 fully saturated rings. The van der Waals surface area contributed by atoms with Gasteiger partial charge in [0.05, 0.1) is 21.7 Å². The number of hydrogen-bond donors (Lipinski definition) is 2. The standard InChI is InChI=1S/C15H9F3N4O3/c16-15(17,18)10-2-1-3-11(7-10)20-14(23)21-13-5-4-12(22(24)25)6-9(13)8-19/h1-7H,(H2,20,21,23). The summed E-state index contributed by atoms with van der Waals surface area (Å²) >= 11 is 0. The van der Waals surface area contributed by atoms with E-state index < -0.39 is 22.7 Å². The maximum Gasteiger partial charge on any atom is 0.416 e. The van der Waals surface area contributed by atoms with Gasteiger partial charge in [-0.25, -0.2) is 4.79 Å². The number of benzene rings is 2. The quantitative estimate of drug-likeness (QED) is 0.641. The van der Waals surface area contributed by atoms with Crippen LogP contribution in [0.5, 0.6) is 0 Å². The molecule has 2 N–H and O–H groups in total. The smallest absolute Gasteiger partial charge is 0.308 e. The zero-order chi connectivity index (χ0) is 18.6. The maximum atomic E-state index is 12.6. The second kappa shape index (κ2) is 6.88. The van der Waals surface area contributed by atoms with E-state index in [1.807, 2.05) is 0 Å². The number of rotatable bonds is 3. The first kappa shape index (κ1) is 17.7. The molecule has 0 spiro atoms. The minimum Gasteiger partial charge on any atom is -0.308 e. The number of anilines is 2. The predicted octanol–water partition coefficient (Wildman–Crippen LogP) is 4.13. The number of urea groups is 1. The summed E-state index contributed by atoms with van der Waals surface area (Å²) in [4.78, 5) is 21.8. The molecule has 0 saturated carbocycles. The fraction of sp³-hybridized carbons (Fsp3) is 0.0667. The van der Waals surface area contributed by atoms with Gasteiger partial charge in [-0.05, 0) is 24.3 Å². The molecule has 2 aromatic rings. The number of halogens is 3. The van der Waals surface area contributed by atoms with Gasteiger partial charge in [0, 0.05) is 17.8 Å². The van der Waals surface area contributed by atoms with E-state index in [9.17, 15) is 28.1 Å². The van der Waals surface area contributed by atoms with Crippen LogP contribution in [0.2, 0.25) is 0 Å². The number of carbonyl (C=O) groups is 1. The molecule has 0 bridgehead atoms. The van der Waals surface area contributed by atoms with Gasteiger partial charge in [0.25, 0.3) is 5.69 Å². The van der Waals surface area contributed by atoms with Crippen LogP contribution < -0.4 is 10.6 Å². The molecule has 7 nitrogen and oxygen atoms in total. The van der Waals surface area contributed by atoms with Gasteiger partial charge in [0.15, 0.2) is 0 Å². The molecule has 128 valence electrons. The molecular weight excluding hydrogens is 341 g/mol. The van der Waals surface area contributed by atoms with Gasteiger partial charge in [-0.2, -0.15) is 18.4 Å². The van der Waals surface area contributed by atoms with Crippen molar-refractivity contribution in [2.45, 2.75) is 6.18 Å². The molecule has 0 radical (unpaired) electrons. The fourth-order valence-corrected chi connectivity index (χ4v) is 1.91. The molecule has 2 amide bonds. The molecule has 0 atom stereocenters. The van der Waals surface area contributed by atoms with Crippen LogP contribution in [-0.4, -0.2) is 11.0 Å². The second-order valence-electron chi connectivity index (χ2n) is 4.76. The van der Waals surface area contributed by atoms with Gasteiger partial charge in [0.1, 0.15) is 6.07 Å². The van der Waals surface area contributed by atoms with E-state index in [0.29, 0.717) is 0 Å². The number of nitro groups is 1. The molecule has 0 aliphatic carbocycles. The lowest BCUT2D eigenvalue weighted by molar-refractivity contribution is -0.384. The number of hydrogen-bond acceptors (Lipinski definition) is 4. The highest BCUT2D eigenvalue weighted by Gasteiger charge is 2.30. The topological polar surface area (TPSA) is 108 Å². The number of amides is 2. The van der Waals surface area contributed by atoms with Crippen molar-refractivity contribution in [3.8, 4) is 6.07 Å². The Bertz CT molecular complexity index is 875. The van der Waals surface area contributed by atoms with Crippen molar-refractivity contribution >= 4 is 23.1 Å². The van der Waals surface area contributed by atoms with Crippen molar-refractivity contribution in [1.82, 2.24) is 0 Å². The third kappa shape index (κ3) is 4.44. The third-order valence-electron chi connectivity index (χ3n) is 3.03. The average molecular weight is 350 g/mol. The number of nitrogens with zero attached hydrogens (tertiary/aromatic N) is 2. The highest BCUT2D eigenvalue weighted by atomic mass is 19.4. The zero-order valence-electron chi connectivity index (χ0n) is 12.3. The van der Waals surface area contributed by atoms with Crippen molar-refractivity contribution in [1.29, 1.82) is 5.26 Å². The zero-order valence-corrected chi connectivity index (χ0v) is 12.3. The molecule has 25 heavy (non-hydrogen) atoms. The first-order valence-corrected chi connectivity index (χ1v) is 6.64. The van der Waals surface area contributed by atoms with Crippen LogP contribution >= 0.6 is 0 Å². The molecule has 10 heteroatoms. The Labute approximate surface area is 138 Å². The summed E-state index contributed by atoms with van der Waals surface area (Å²) in [6.07, 6.45) is -4.56. The van der Waals surface area contributed by atoms with E-state index in [1.165, 1.54) is 6.07 Å². The number of alkyl halides is 3. The molecule has 0 saturated heterocycles. The predicted molar refractivity (Wildman–Crippen MR) is 81.9 cm³/mol. The van der Waals surface area contributed by atoms with Gasteiger partial charge in [-0.3, -0.25) is 10.1 Å². The molecule has 0 heterocycles. The monoisotopic (exact) mass is 350 g/mol. The first-order valence-electron chi connectivity index (χ1n) is 6.64. The van der Waals surface area contributed by atoms with Crippen LogP contribution in [0.3, 0.4) is 0 Å². The molecule has 0 aliphatic rings. The van der Waals surface area contributed by atoms with E-state index in [2.05, 4.69) is 10.6 Å². The van der Waals surface area contributed by atoms with Gasteiger partial charge in [-0.1, -0.05) is 6.07 Å². The van der Waals surface area contributed by atoms with Crippen LogP contribution in [0.25, 0.3) is 0 Å². The summed E-state index contributed by atoms with van der Waals surface area (Å²) in [6.45, 7) is 0. The Morgan fingerprint density at radius 2 is 1.88 bits per heavy atom. The number of nitriles is 1. The van der Waals surface area contributed by atoms with Crippen molar-refractivity contribution in [3.05, 3.63) is 63.7 Å². The van der Waals surface area contributed by atoms with Crippen molar-refractivity contribution in [2.24, 2.45) is 0 Å². The van der Waals surface area contributed by atoms with E-state index in [0.717, 1.165) is 36.4 Å². The summed E-state index contributed by atoms with van der Waals surface area (Å²) in [5, 5.41) is 24.1. The van der Waals surface area contributed by atoms with Crippen molar-refractivity contribution in [3.63, 3.8) is 0 Å². The Hall–Kier alpha value is -3.61. The molecule has 0 aromatic heterocycles.